The van der Waals surface area contributed by atoms with Crippen LogP contribution in [-0.4, -0.2) is 48.2 Å². The molecule has 2 aromatic rings. The van der Waals surface area contributed by atoms with Crippen LogP contribution in [-0.2, 0) is 22.7 Å². The number of carbonyl (C=O) groups is 2. The second kappa shape index (κ2) is 10.00. The summed E-state index contributed by atoms with van der Waals surface area (Å²) in [5.41, 5.74) is 3.22. The van der Waals surface area contributed by atoms with E-state index in [9.17, 15) is 9.59 Å². The molecule has 1 fully saturated rings. The summed E-state index contributed by atoms with van der Waals surface area (Å²) in [7, 11) is 3.26. The van der Waals surface area contributed by atoms with Crippen molar-refractivity contribution in [3.63, 3.8) is 0 Å². The minimum absolute atomic E-state index is 0.180. The Morgan fingerprint density at radius 2 is 1.46 bits per heavy atom. The Kier molecular flexibility index (Phi) is 6.63. The van der Waals surface area contributed by atoms with E-state index in [4.69, 9.17) is 9.47 Å². The summed E-state index contributed by atoms with van der Waals surface area (Å²) in [4.78, 5) is 30.2. The Labute approximate surface area is 205 Å². The number of nitrogens with zero attached hydrogens (tertiary/aromatic N) is 2. The molecule has 2 heterocycles. The van der Waals surface area contributed by atoms with Gasteiger partial charge >= 0.3 is 0 Å². The summed E-state index contributed by atoms with van der Waals surface area (Å²) in [6.45, 7) is 0.770. The van der Waals surface area contributed by atoms with Gasteiger partial charge in [-0.05, 0) is 48.2 Å². The number of benzene rings is 2. The van der Waals surface area contributed by atoms with Crippen LogP contribution < -0.4 is 20.1 Å². The van der Waals surface area contributed by atoms with E-state index in [1.807, 2.05) is 48.5 Å². The van der Waals surface area contributed by atoms with Crippen molar-refractivity contribution in [3.05, 3.63) is 71.1 Å². The number of hydrogen-bond acceptors (Lipinski definition) is 7. The fourth-order valence-corrected chi connectivity index (χ4v) is 5.11. The van der Waals surface area contributed by atoms with E-state index < -0.39 is 0 Å². The quantitative estimate of drug-likeness (QED) is 0.567. The summed E-state index contributed by atoms with van der Waals surface area (Å²) >= 11 is 0. The number of methoxy groups -OCH3 is 2. The second-order valence-electron chi connectivity index (χ2n) is 9.31. The molecule has 0 bridgehead atoms. The van der Waals surface area contributed by atoms with Gasteiger partial charge in [0.05, 0.1) is 32.9 Å². The molecule has 1 aliphatic carbocycles. The monoisotopic (exact) mass is 476 g/mol. The highest BCUT2D eigenvalue weighted by atomic mass is 16.5. The van der Waals surface area contributed by atoms with Gasteiger partial charge in [-0.15, -0.1) is 0 Å². The maximum atomic E-state index is 13.7. The van der Waals surface area contributed by atoms with Crippen LogP contribution in [0.5, 0.6) is 11.5 Å². The fourth-order valence-electron chi connectivity index (χ4n) is 5.11. The zero-order valence-corrected chi connectivity index (χ0v) is 20.3. The van der Waals surface area contributed by atoms with Crippen LogP contribution in [0.1, 0.15) is 43.2 Å². The number of ether oxygens (including phenoxy) is 2. The van der Waals surface area contributed by atoms with Crippen LogP contribution in [0.25, 0.3) is 0 Å². The predicted molar refractivity (Wildman–Crippen MR) is 131 cm³/mol. The van der Waals surface area contributed by atoms with Crippen molar-refractivity contribution in [1.29, 1.82) is 0 Å². The molecule has 35 heavy (non-hydrogen) atoms. The van der Waals surface area contributed by atoms with Crippen molar-refractivity contribution in [3.8, 4) is 11.5 Å². The topological polar surface area (TPSA) is 83.1 Å². The first-order chi connectivity index (χ1) is 17.1. The first kappa shape index (κ1) is 23.2. The average molecular weight is 477 g/mol. The highest BCUT2D eigenvalue weighted by Gasteiger charge is 2.43. The minimum Gasteiger partial charge on any atom is -0.497 e. The molecule has 1 unspecified atom stereocenters. The Morgan fingerprint density at radius 3 is 2.03 bits per heavy atom. The molecule has 2 amide bonds. The number of imide groups is 1. The number of hydrogen-bond donors (Lipinski definition) is 2. The molecule has 2 N–H and O–H groups in total. The molecule has 0 saturated heterocycles. The lowest BCUT2D eigenvalue weighted by atomic mass is 10.1. The van der Waals surface area contributed by atoms with Gasteiger partial charge < -0.3 is 19.7 Å². The number of rotatable bonds is 8. The van der Waals surface area contributed by atoms with Gasteiger partial charge in [0.15, 0.2) is 6.29 Å². The standard InChI is InChI=1S/C27H32N4O4/c1-34-21-11-7-18(8-12-21)16-30-24(32)15-23-25(26(30)33)31(17-19-9-13-22(35-2)14-10-19)27(29-23)28-20-5-3-4-6-20/h7-14,20,27-29H,3-6,15-17H2,1-2H3. The molecule has 3 aliphatic rings. The smallest absolute Gasteiger partial charge is 0.278 e. The zero-order chi connectivity index (χ0) is 24.4. The summed E-state index contributed by atoms with van der Waals surface area (Å²) in [6.07, 6.45) is 4.61. The van der Waals surface area contributed by atoms with E-state index in [1.54, 1.807) is 14.2 Å². The van der Waals surface area contributed by atoms with Crippen LogP contribution in [0.3, 0.4) is 0 Å². The first-order valence-corrected chi connectivity index (χ1v) is 12.2. The lowest BCUT2D eigenvalue weighted by molar-refractivity contribution is -0.145. The molecular formula is C27H32N4O4. The molecule has 0 radical (unpaired) electrons. The summed E-state index contributed by atoms with van der Waals surface area (Å²) in [5.74, 6) is 1.08. The highest BCUT2D eigenvalue weighted by Crippen LogP contribution is 2.32. The maximum Gasteiger partial charge on any atom is 0.278 e. The van der Waals surface area contributed by atoms with Crippen molar-refractivity contribution < 1.29 is 19.1 Å². The predicted octanol–water partition coefficient (Wildman–Crippen LogP) is 3.10. The molecule has 1 atom stereocenters. The van der Waals surface area contributed by atoms with Gasteiger partial charge in [0.25, 0.3) is 5.91 Å². The van der Waals surface area contributed by atoms with Gasteiger partial charge in [-0.2, -0.15) is 0 Å². The van der Waals surface area contributed by atoms with E-state index >= 15 is 0 Å². The Bertz CT molecular complexity index is 1110. The molecule has 2 aromatic carbocycles. The fraction of sp³-hybridized carbons (Fsp3) is 0.407. The average Bonchev–Trinajstić information content (AvgIpc) is 3.51. The third-order valence-electron chi connectivity index (χ3n) is 7.03. The Balaban J connectivity index is 1.40. The largest absolute Gasteiger partial charge is 0.497 e. The first-order valence-electron chi connectivity index (χ1n) is 12.2. The molecule has 1 saturated carbocycles. The maximum absolute atomic E-state index is 13.7. The lowest BCUT2D eigenvalue weighted by Gasteiger charge is -2.33. The van der Waals surface area contributed by atoms with Crippen LogP contribution >= 0.6 is 0 Å². The van der Waals surface area contributed by atoms with Crippen LogP contribution in [0.15, 0.2) is 59.9 Å². The molecule has 8 heteroatoms. The third-order valence-corrected chi connectivity index (χ3v) is 7.03. The zero-order valence-electron chi connectivity index (χ0n) is 20.3. The molecule has 184 valence electrons. The number of carbonyl (C=O) groups excluding carboxylic acids is 2. The van der Waals surface area contributed by atoms with E-state index in [0.717, 1.165) is 35.5 Å². The van der Waals surface area contributed by atoms with E-state index in [1.165, 1.54) is 17.7 Å². The highest BCUT2D eigenvalue weighted by molar-refractivity contribution is 6.08. The van der Waals surface area contributed by atoms with E-state index in [2.05, 4.69) is 15.5 Å². The lowest BCUT2D eigenvalue weighted by Crippen LogP contribution is -2.52. The van der Waals surface area contributed by atoms with Crippen LogP contribution in [0, 0.1) is 0 Å². The van der Waals surface area contributed by atoms with Crippen LogP contribution in [0.2, 0.25) is 0 Å². The molecule has 0 aromatic heterocycles. The molecule has 2 aliphatic heterocycles. The van der Waals surface area contributed by atoms with Gasteiger partial charge in [0, 0.05) is 12.6 Å². The summed E-state index contributed by atoms with van der Waals surface area (Å²) in [5, 5.41) is 7.15. The summed E-state index contributed by atoms with van der Waals surface area (Å²) < 4.78 is 10.5. The van der Waals surface area contributed by atoms with Crippen molar-refractivity contribution >= 4 is 11.8 Å². The Hall–Kier alpha value is -3.52. The third kappa shape index (κ3) is 4.84. The minimum atomic E-state index is -0.260. The molecule has 0 spiro atoms. The van der Waals surface area contributed by atoms with Gasteiger partial charge in [-0.25, -0.2) is 0 Å². The number of nitrogens with one attached hydrogen (secondary N) is 2. The van der Waals surface area contributed by atoms with Crippen molar-refractivity contribution in [1.82, 2.24) is 20.4 Å². The van der Waals surface area contributed by atoms with Gasteiger partial charge in [0.2, 0.25) is 5.91 Å². The second-order valence-corrected chi connectivity index (χ2v) is 9.31. The van der Waals surface area contributed by atoms with Gasteiger partial charge in [-0.1, -0.05) is 37.1 Å². The van der Waals surface area contributed by atoms with Crippen molar-refractivity contribution in [2.24, 2.45) is 0 Å². The van der Waals surface area contributed by atoms with E-state index in [-0.39, 0.29) is 31.1 Å². The van der Waals surface area contributed by atoms with Crippen molar-refractivity contribution in [2.75, 3.05) is 14.2 Å². The molecule has 8 nitrogen and oxygen atoms in total. The molecule has 5 rings (SSSR count). The van der Waals surface area contributed by atoms with Gasteiger partial charge in [0.1, 0.15) is 17.2 Å². The number of amides is 2. The van der Waals surface area contributed by atoms with E-state index in [0.29, 0.717) is 24.0 Å². The SMILES string of the molecule is COc1ccc(CN2C(=O)CC3=C(C2=O)N(Cc2ccc(OC)cc2)C(NC2CCCC2)N3)cc1. The Morgan fingerprint density at radius 1 is 0.886 bits per heavy atom. The van der Waals surface area contributed by atoms with Gasteiger partial charge in [-0.3, -0.25) is 19.8 Å². The van der Waals surface area contributed by atoms with Crippen LogP contribution in [0.4, 0.5) is 0 Å². The normalized spacial score (nSPS) is 20.3. The van der Waals surface area contributed by atoms with Crippen molar-refractivity contribution in [2.45, 2.75) is 57.5 Å². The molecular weight excluding hydrogens is 444 g/mol. The summed E-state index contributed by atoms with van der Waals surface area (Å²) in [6, 6.07) is 15.7.